The summed E-state index contributed by atoms with van der Waals surface area (Å²) in [7, 11) is 0. The van der Waals surface area contributed by atoms with Gasteiger partial charge in [-0.2, -0.15) is 0 Å². The lowest BCUT2D eigenvalue weighted by atomic mass is 10.1. The molecule has 1 atom stereocenters. The fourth-order valence-electron chi connectivity index (χ4n) is 1.57. The molecular weight excluding hydrogens is 212 g/mol. The minimum absolute atomic E-state index is 0.0706. The van der Waals surface area contributed by atoms with E-state index in [4.69, 9.17) is 0 Å². The van der Waals surface area contributed by atoms with Gasteiger partial charge in [-0.15, -0.1) is 0 Å². The average molecular weight is 234 g/mol. The molecule has 1 amide bonds. The van der Waals surface area contributed by atoms with E-state index in [0.717, 1.165) is 19.4 Å². The van der Waals surface area contributed by atoms with Crippen LogP contribution >= 0.6 is 0 Å². The summed E-state index contributed by atoms with van der Waals surface area (Å²) in [6.07, 6.45) is 2.15. The van der Waals surface area contributed by atoms with Gasteiger partial charge in [-0.25, -0.2) is 0 Å². The maximum absolute atomic E-state index is 11.5. The SMILES string of the molecule is CCCCNC(=O)CN[C@H](C)c1ccccc1. The van der Waals surface area contributed by atoms with Crippen molar-refractivity contribution in [2.75, 3.05) is 13.1 Å². The van der Waals surface area contributed by atoms with Crippen LogP contribution in [0.2, 0.25) is 0 Å². The highest BCUT2D eigenvalue weighted by atomic mass is 16.1. The Hall–Kier alpha value is -1.35. The molecule has 1 aromatic carbocycles. The predicted octanol–water partition coefficient (Wildman–Crippen LogP) is 2.25. The highest BCUT2D eigenvalue weighted by Crippen LogP contribution is 2.10. The van der Waals surface area contributed by atoms with Gasteiger partial charge >= 0.3 is 0 Å². The number of carbonyl (C=O) groups is 1. The molecule has 1 rings (SSSR count). The Labute approximate surface area is 104 Å². The first-order chi connectivity index (χ1) is 8.24. The quantitative estimate of drug-likeness (QED) is 0.710. The van der Waals surface area contributed by atoms with Crippen LogP contribution in [0.5, 0.6) is 0 Å². The van der Waals surface area contributed by atoms with E-state index >= 15 is 0 Å². The van der Waals surface area contributed by atoms with Crippen LogP contribution in [0.1, 0.15) is 38.3 Å². The van der Waals surface area contributed by atoms with Gasteiger partial charge in [0.05, 0.1) is 6.54 Å². The lowest BCUT2D eigenvalue weighted by Gasteiger charge is -2.13. The Bertz CT molecular complexity index is 324. The maximum atomic E-state index is 11.5. The summed E-state index contributed by atoms with van der Waals surface area (Å²) in [5, 5.41) is 6.10. The van der Waals surface area contributed by atoms with Crippen molar-refractivity contribution in [2.24, 2.45) is 0 Å². The van der Waals surface area contributed by atoms with Gasteiger partial charge in [0.15, 0.2) is 0 Å². The third-order valence-electron chi connectivity index (χ3n) is 2.72. The minimum atomic E-state index is 0.0706. The molecule has 0 saturated heterocycles. The number of carbonyl (C=O) groups excluding carboxylic acids is 1. The van der Waals surface area contributed by atoms with Gasteiger partial charge in [-0.1, -0.05) is 43.7 Å². The summed E-state index contributed by atoms with van der Waals surface area (Å²) >= 11 is 0. The summed E-state index contributed by atoms with van der Waals surface area (Å²) < 4.78 is 0. The first-order valence-electron chi connectivity index (χ1n) is 6.29. The Morgan fingerprint density at radius 3 is 2.65 bits per heavy atom. The number of hydrogen-bond donors (Lipinski definition) is 2. The molecule has 0 radical (unpaired) electrons. The van der Waals surface area contributed by atoms with Crippen LogP contribution in [0, 0.1) is 0 Å². The number of unbranched alkanes of at least 4 members (excludes halogenated alkanes) is 1. The largest absolute Gasteiger partial charge is 0.355 e. The van der Waals surface area contributed by atoms with E-state index in [1.165, 1.54) is 5.56 Å². The van der Waals surface area contributed by atoms with Gasteiger partial charge in [-0.05, 0) is 18.9 Å². The van der Waals surface area contributed by atoms with Crippen molar-refractivity contribution >= 4 is 5.91 Å². The second kappa shape index (κ2) is 7.85. The summed E-state index contributed by atoms with van der Waals surface area (Å²) in [5.74, 6) is 0.0706. The molecule has 2 N–H and O–H groups in total. The van der Waals surface area contributed by atoms with Gasteiger partial charge in [0, 0.05) is 12.6 Å². The van der Waals surface area contributed by atoms with Gasteiger partial charge < -0.3 is 10.6 Å². The van der Waals surface area contributed by atoms with Crippen LogP contribution in [0.15, 0.2) is 30.3 Å². The molecule has 0 fully saturated rings. The normalized spacial score (nSPS) is 12.1. The van der Waals surface area contributed by atoms with Gasteiger partial charge in [-0.3, -0.25) is 4.79 Å². The van der Waals surface area contributed by atoms with Crippen LogP contribution in [0.25, 0.3) is 0 Å². The average Bonchev–Trinajstić information content (AvgIpc) is 2.37. The molecule has 0 aromatic heterocycles. The highest BCUT2D eigenvalue weighted by molar-refractivity contribution is 5.77. The molecule has 0 aliphatic heterocycles. The van der Waals surface area contributed by atoms with E-state index in [2.05, 4.69) is 36.6 Å². The molecule has 1 aromatic rings. The van der Waals surface area contributed by atoms with E-state index in [1.807, 2.05) is 18.2 Å². The second-order valence-electron chi connectivity index (χ2n) is 4.22. The van der Waals surface area contributed by atoms with Crippen molar-refractivity contribution in [3.05, 3.63) is 35.9 Å². The number of amides is 1. The monoisotopic (exact) mass is 234 g/mol. The van der Waals surface area contributed by atoms with Crippen LogP contribution in [-0.2, 0) is 4.79 Å². The molecule has 0 saturated carbocycles. The molecule has 0 spiro atoms. The third-order valence-corrected chi connectivity index (χ3v) is 2.72. The first kappa shape index (κ1) is 13.7. The lowest BCUT2D eigenvalue weighted by molar-refractivity contribution is -0.120. The number of nitrogens with one attached hydrogen (secondary N) is 2. The molecule has 0 aliphatic rings. The van der Waals surface area contributed by atoms with Crippen LogP contribution in [-0.4, -0.2) is 19.0 Å². The van der Waals surface area contributed by atoms with Crippen molar-refractivity contribution in [3.63, 3.8) is 0 Å². The van der Waals surface area contributed by atoms with Gasteiger partial charge in [0.25, 0.3) is 0 Å². The second-order valence-corrected chi connectivity index (χ2v) is 4.22. The van der Waals surface area contributed by atoms with E-state index < -0.39 is 0 Å². The lowest BCUT2D eigenvalue weighted by Crippen LogP contribution is -2.35. The van der Waals surface area contributed by atoms with Crippen molar-refractivity contribution in [1.82, 2.24) is 10.6 Å². The molecule has 0 bridgehead atoms. The molecule has 0 heterocycles. The molecule has 0 unspecified atom stereocenters. The summed E-state index contributed by atoms with van der Waals surface area (Å²) in [6.45, 7) is 5.33. The van der Waals surface area contributed by atoms with Crippen LogP contribution in [0.4, 0.5) is 0 Å². The van der Waals surface area contributed by atoms with Crippen molar-refractivity contribution < 1.29 is 4.79 Å². The molecule has 94 valence electrons. The minimum Gasteiger partial charge on any atom is -0.355 e. The first-order valence-corrected chi connectivity index (χ1v) is 6.29. The molecule has 3 heteroatoms. The van der Waals surface area contributed by atoms with E-state index in [-0.39, 0.29) is 11.9 Å². The zero-order valence-electron chi connectivity index (χ0n) is 10.7. The fraction of sp³-hybridized carbons (Fsp3) is 0.500. The third kappa shape index (κ3) is 5.50. The van der Waals surface area contributed by atoms with Crippen LogP contribution < -0.4 is 10.6 Å². The number of benzene rings is 1. The van der Waals surface area contributed by atoms with E-state index in [9.17, 15) is 4.79 Å². The Morgan fingerprint density at radius 1 is 1.29 bits per heavy atom. The number of hydrogen-bond acceptors (Lipinski definition) is 2. The van der Waals surface area contributed by atoms with Crippen LogP contribution in [0.3, 0.4) is 0 Å². The van der Waals surface area contributed by atoms with E-state index in [1.54, 1.807) is 0 Å². The fourth-order valence-corrected chi connectivity index (χ4v) is 1.57. The Morgan fingerprint density at radius 2 is 2.00 bits per heavy atom. The Balaban J connectivity index is 2.24. The summed E-state index contributed by atoms with van der Waals surface area (Å²) in [5.41, 5.74) is 1.20. The zero-order valence-corrected chi connectivity index (χ0v) is 10.7. The molecular formula is C14H22N2O. The van der Waals surface area contributed by atoms with Crippen molar-refractivity contribution in [3.8, 4) is 0 Å². The summed E-state index contributed by atoms with van der Waals surface area (Å²) in [4.78, 5) is 11.5. The Kier molecular flexibility index (Phi) is 6.33. The smallest absolute Gasteiger partial charge is 0.233 e. The topological polar surface area (TPSA) is 41.1 Å². The van der Waals surface area contributed by atoms with Crippen molar-refractivity contribution in [1.29, 1.82) is 0 Å². The zero-order chi connectivity index (χ0) is 12.5. The summed E-state index contributed by atoms with van der Waals surface area (Å²) in [6, 6.07) is 10.3. The van der Waals surface area contributed by atoms with Gasteiger partial charge in [0.2, 0.25) is 5.91 Å². The molecule has 17 heavy (non-hydrogen) atoms. The predicted molar refractivity (Wildman–Crippen MR) is 70.8 cm³/mol. The molecule has 0 aliphatic carbocycles. The maximum Gasteiger partial charge on any atom is 0.233 e. The molecule has 3 nitrogen and oxygen atoms in total. The standard InChI is InChI=1S/C14H22N2O/c1-3-4-10-15-14(17)11-16-12(2)13-8-6-5-7-9-13/h5-9,12,16H,3-4,10-11H2,1-2H3,(H,15,17)/t12-/m1/s1. The highest BCUT2D eigenvalue weighted by Gasteiger charge is 2.06. The van der Waals surface area contributed by atoms with Gasteiger partial charge in [0.1, 0.15) is 0 Å². The van der Waals surface area contributed by atoms with E-state index in [0.29, 0.717) is 6.54 Å². The van der Waals surface area contributed by atoms with Crippen molar-refractivity contribution in [2.45, 2.75) is 32.7 Å². The number of rotatable bonds is 7.